The highest BCUT2D eigenvalue weighted by atomic mass is 35.5. The number of benzene rings is 1. The van der Waals surface area contributed by atoms with Gasteiger partial charge in [0, 0.05) is 5.39 Å². The van der Waals surface area contributed by atoms with Crippen molar-refractivity contribution in [3.63, 3.8) is 0 Å². The average molecular weight is 261 g/mol. The number of nitrogens with two attached hydrogens (primary N) is 1. The van der Waals surface area contributed by atoms with Crippen LogP contribution in [-0.2, 0) is 6.42 Å². The number of halogens is 1. The predicted molar refractivity (Wildman–Crippen MR) is 75.9 cm³/mol. The highest BCUT2D eigenvalue weighted by Crippen LogP contribution is 2.47. The molecule has 2 aromatic rings. The van der Waals surface area contributed by atoms with E-state index in [4.69, 9.17) is 17.3 Å². The number of fused-ring (bicyclic) bond motifs is 1. The van der Waals surface area contributed by atoms with E-state index in [2.05, 4.69) is 29.2 Å². The molecule has 0 saturated heterocycles. The van der Waals surface area contributed by atoms with Gasteiger partial charge < -0.3 is 5.73 Å². The zero-order valence-electron chi connectivity index (χ0n) is 10.5. The van der Waals surface area contributed by atoms with Crippen molar-refractivity contribution in [3.8, 4) is 0 Å². The molecule has 3 heteroatoms. The van der Waals surface area contributed by atoms with Gasteiger partial charge in [-0.3, -0.25) is 0 Å². The smallest absolute Gasteiger partial charge is 0.132 e. The summed E-state index contributed by atoms with van der Waals surface area (Å²) >= 11 is 6.04. The van der Waals surface area contributed by atoms with Gasteiger partial charge in [-0.15, -0.1) is 0 Å². The molecule has 0 unspecified atom stereocenters. The summed E-state index contributed by atoms with van der Waals surface area (Å²) in [7, 11) is 0. The van der Waals surface area contributed by atoms with Crippen LogP contribution in [0.3, 0.4) is 0 Å². The van der Waals surface area contributed by atoms with Gasteiger partial charge in [0.1, 0.15) is 5.15 Å². The Morgan fingerprint density at radius 3 is 2.78 bits per heavy atom. The van der Waals surface area contributed by atoms with E-state index < -0.39 is 0 Å². The third kappa shape index (κ3) is 2.11. The fraction of sp³-hybridized carbons (Fsp3) is 0.400. The lowest BCUT2D eigenvalue weighted by Gasteiger charge is -2.12. The van der Waals surface area contributed by atoms with Crippen molar-refractivity contribution < 1.29 is 0 Å². The zero-order chi connectivity index (χ0) is 12.8. The molecular formula is C15H17ClN2. The van der Waals surface area contributed by atoms with Gasteiger partial charge in [-0.1, -0.05) is 17.7 Å². The van der Waals surface area contributed by atoms with Crippen LogP contribution in [0, 0.1) is 12.3 Å². The Balaban J connectivity index is 1.98. The van der Waals surface area contributed by atoms with E-state index in [-0.39, 0.29) is 0 Å². The molecule has 0 bridgehead atoms. The second-order valence-electron chi connectivity index (χ2n) is 5.50. The van der Waals surface area contributed by atoms with Crippen LogP contribution in [0.25, 0.3) is 10.9 Å². The van der Waals surface area contributed by atoms with Gasteiger partial charge in [-0.05, 0) is 67.5 Å². The Kier molecular flexibility index (Phi) is 2.80. The molecular weight excluding hydrogens is 244 g/mol. The summed E-state index contributed by atoms with van der Waals surface area (Å²) in [4.78, 5) is 4.39. The number of hydrogen-bond acceptors (Lipinski definition) is 2. The normalized spacial score (nSPS) is 17.1. The van der Waals surface area contributed by atoms with Crippen molar-refractivity contribution in [3.05, 3.63) is 40.5 Å². The van der Waals surface area contributed by atoms with Crippen LogP contribution in [0.15, 0.2) is 24.3 Å². The van der Waals surface area contributed by atoms with Crippen molar-refractivity contribution in [2.45, 2.75) is 26.2 Å². The number of hydrogen-bond donors (Lipinski definition) is 1. The zero-order valence-corrected chi connectivity index (χ0v) is 11.3. The molecule has 18 heavy (non-hydrogen) atoms. The van der Waals surface area contributed by atoms with Crippen molar-refractivity contribution in [2.75, 3.05) is 6.54 Å². The minimum Gasteiger partial charge on any atom is -0.330 e. The number of pyridine rings is 1. The highest BCUT2D eigenvalue weighted by molar-refractivity contribution is 6.30. The third-order valence-electron chi connectivity index (χ3n) is 3.98. The largest absolute Gasteiger partial charge is 0.330 e. The summed E-state index contributed by atoms with van der Waals surface area (Å²) in [6, 6.07) is 8.54. The van der Waals surface area contributed by atoms with E-state index in [1.165, 1.54) is 23.8 Å². The molecule has 0 spiro atoms. The average Bonchev–Trinajstić information content (AvgIpc) is 3.12. The standard InChI is InChI=1S/C15H17ClN2/c1-10-6-12-7-11(8-15(9-17)4-5-15)2-3-13(12)18-14(10)16/h2-3,6-7H,4-5,8-9,17H2,1H3. The molecule has 0 atom stereocenters. The second-order valence-corrected chi connectivity index (χ2v) is 5.86. The number of aryl methyl sites for hydroxylation is 1. The van der Waals surface area contributed by atoms with Gasteiger partial charge in [0.05, 0.1) is 5.52 Å². The van der Waals surface area contributed by atoms with Crippen molar-refractivity contribution in [1.82, 2.24) is 4.98 Å². The maximum atomic E-state index is 6.04. The molecule has 3 rings (SSSR count). The fourth-order valence-corrected chi connectivity index (χ4v) is 2.63. The monoisotopic (exact) mass is 260 g/mol. The summed E-state index contributed by atoms with van der Waals surface area (Å²) in [5.74, 6) is 0. The molecule has 0 radical (unpaired) electrons. The van der Waals surface area contributed by atoms with E-state index in [1.807, 2.05) is 6.92 Å². The van der Waals surface area contributed by atoms with E-state index in [1.54, 1.807) is 0 Å². The summed E-state index contributed by atoms with van der Waals surface area (Å²) in [6.07, 6.45) is 3.61. The quantitative estimate of drug-likeness (QED) is 0.859. The van der Waals surface area contributed by atoms with Crippen LogP contribution in [0.2, 0.25) is 5.15 Å². The van der Waals surface area contributed by atoms with Gasteiger partial charge in [-0.2, -0.15) is 0 Å². The maximum absolute atomic E-state index is 6.04. The molecule has 1 heterocycles. The predicted octanol–water partition coefficient (Wildman–Crippen LogP) is 3.48. The van der Waals surface area contributed by atoms with Crippen LogP contribution in [-0.4, -0.2) is 11.5 Å². The Hall–Kier alpha value is -1.12. The first-order valence-corrected chi connectivity index (χ1v) is 6.76. The summed E-state index contributed by atoms with van der Waals surface area (Å²) < 4.78 is 0. The Morgan fingerprint density at radius 1 is 1.33 bits per heavy atom. The minimum absolute atomic E-state index is 0.378. The van der Waals surface area contributed by atoms with Gasteiger partial charge in [0.15, 0.2) is 0 Å². The Morgan fingerprint density at radius 2 is 2.11 bits per heavy atom. The first-order valence-electron chi connectivity index (χ1n) is 6.38. The van der Waals surface area contributed by atoms with E-state index in [9.17, 15) is 0 Å². The highest BCUT2D eigenvalue weighted by Gasteiger charge is 2.40. The van der Waals surface area contributed by atoms with Crippen LogP contribution in [0.5, 0.6) is 0 Å². The van der Waals surface area contributed by atoms with Gasteiger partial charge >= 0.3 is 0 Å². The molecule has 1 saturated carbocycles. The lowest BCUT2D eigenvalue weighted by atomic mass is 9.95. The Bertz CT molecular complexity index is 603. The third-order valence-corrected chi connectivity index (χ3v) is 4.36. The molecule has 2 N–H and O–H groups in total. The fourth-order valence-electron chi connectivity index (χ4n) is 2.48. The minimum atomic E-state index is 0.378. The molecule has 1 aromatic carbocycles. The summed E-state index contributed by atoms with van der Waals surface area (Å²) in [6.45, 7) is 2.78. The van der Waals surface area contributed by atoms with E-state index in [0.29, 0.717) is 10.6 Å². The second kappa shape index (κ2) is 4.22. The first-order chi connectivity index (χ1) is 8.62. The lowest BCUT2D eigenvalue weighted by molar-refractivity contribution is 0.521. The van der Waals surface area contributed by atoms with Crippen LogP contribution in [0.4, 0.5) is 0 Å². The number of nitrogens with zero attached hydrogens (tertiary/aromatic N) is 1. The van der Waals surface area contributed by atoms with Gasteiger partial charge in [0.2, 0.25) is 0 Å². The molecule has 1 aliphatic carbocycles. The molecule has 0 amide bonds. The molecule has 1 fully saturated rings. The molecule has 1 aliphatic rings. The van der Waals surface area contributed by atoms with E-state index in [0.717, 1.165) is 24.0 Å². The van der Waals surface area contributed by atoms with Crippen molar-refractivity contribution in [2.24, 2.45) is 11.1 Å². The molecule has 1 aromatic heterocycles. The van der Waals surface area contributed by atoms with Crippen molar-refractivity contribution in [1.29, 1.82) is 0 Å². The molecule has 0 aliphatic heterocycles. The van der Waals surface area contributed by atoms with Crippen molar-refractivity contribution >= 4 is 22.5 Å². The summed E-state index contributed by atoms with van der Waals surface area (Å²) in [5, 5.41) is 1.76. The lowest BCUT2D eigenvalue weighted by Crippen LogP contribution is -2.17. The van der Waals surface area contributed by atoms with Crippen LogP contribution in [0.1, 0.15) is 24.0 Å². The number of rotatable bonds is 3. The van der Waals surface area contributed by atoms with Crippen LogP contribution >= 0.6 is 11.6 Å². The SMILES string of the molecule is Cc1cc2cc(CC3(CN)CC3)ccc2nc1Cl. The number of aromatic nitrogens is 1. The van der Waals surface area contributed by atoms with Gasteiger partial charge in [-0.25, -0.2) is 4.98 Å². The topological polar surface area (TPSA) is 38.9 Å². The molecule has 2 nitrogen and oxygen atoms in total. The van der Waals surface area contributed by atoms with Crippen LogP contribution < -0.4 is 5.73 Å². The molecule has 94 valence electrons. The Labute approximate surface area is 112 Å². The van der Waals surface area contributed by atoms with E-state index >= 15 is 0 Å². The summed E-state index contributed by atoms with van der Waals surface area (Å²) in [5.41, 5.74) is 9.57. The maximum Gasteiger partial charge on any atom is 0.132 e. The first kappa shape index (κ1) is 11.9. The van der Waals surface area contributed by atoms with Gasteiger partial charge in [0.25, 0.3) is 0 Å².